The number of rotatable bonds is 38. The molecular formula is C48H80NO9P. The van der Waals surface area contributed by atoms with Crippen molar-refractivity contribution in [2.75, 3.05) is 47.5 Å². The second kappa shape index (κ2) is 39.1. The van der Waals surface area contributed by atoms with Crippen LogP contribution in [0.4, 0.5) is 0 Å². The SMILES string of the molecule is CC/C=C\C/C=C\CC(O)/C=C/C=C\C/C=C\CCCC(=O)O[C@H](COC(=O)CCCCCC/C=C\C/C=C\C/C=C\CCCCC)COP(=O)([O-])OCC[N+](C)(C)C. The maximum absolute atomic E-state index is 12.7. The number of carbonyl (C=O) groups excluding carboxylic acids is 2. The van der Waals surface area contributed by atoms with Crippen LogP contribution in [0.25, 0.3) is 0 Å². The molecule has 0 aromatic carbocycles. The first kappa shape index (κ1) is 55.9. The van der Waals surface area contributed by atoms with Gasteiger partial charge in [-0.15, -0.1) is 0 Å². The molecule has 59 heavy (non-hydrogen) atoms. The molecule has 10 nitrogen and oxygen atoms in total. The fraction of sp³-hybridized carbons (Fsp3) is 0.625. The van der Waals surface area contributed by atoms with Crippen molar-refractivity contribution in [3.8, 4) is 0 Å². The van der Waals surface area contributed by atoms with Crippen LogP contribution in [-0.4, -0.2) is 81.2 Å². The lowest BCUT2D eigenvalue weighted by Gasteiger charge is -2.28. The van der Waals surface area contributed by atoms with Gasteiger partial charge in [-0.05, 0) is 83.5 Å². The third kappa shape index (κ3) is 42.8. The van der Waals surface area contributed by atoms with Crippen LogP contribution in [0.2, 0.25) is 0 Å². The fourth-order valence-electron chi connectivity index (χ4n) is 5.19. The average Bonchev–Trinajstić information content (AvgIpc) is 3.18. The number of phosphoric ester groups is 1. The lowest BCUT2D eigenvalue weighted by atomic mass is 10.1. The molecule has 11 heteroatoms. The Morgan fingerprint density at radius 3 is 1.85 bits per heavy atom. The largest absolute Gasteiger partial charge is 0.756 e. The predicted octanol–water partition coefficient (Wildman–Crippen LogP) is 10.9. The molecule has 2 unspecified atom stereocenters. The molecule has 1 N–H and O–H groups in total. The highest BCUT2D eigenvalue weighted by Gasteiger charge is 2.21. The Labute approximate surface area is 358 Å². The number of quaternary nitrogens is 1. The minimum Gasteiger partial charge on any atom is -0.756 e. The Balaban J connectivity index is 4.59. The van der Waals surface area contributed by atoms with E-state index in [9.17, 15) is 24.2 Å². The average molecular weight is 846 g/mol. The maximum Gasteiger partial charge on any atom is 0.306 e. The summed E-state index contributed by atoms with van der Waals surface area (Å²) in [7, 11) is 1.06. The van der Waals surface area contributed by atoms with Crippen LogP contribution < -0.4 is 4.89 Å². The van der Waals surface area contributed by atoms with Gasteiger partial charge in [-0.25, -0.2) is 0 Å². The monoisotopic (exact) mass is 846 g/mol. The van der Waals surface area contributed by atoms with Crippen molar-refractivity contribution in [2.24, 2.45) is 0 Å². The first-order chi connectivity index (χ1) is 28.4. The van der Waals surface area contributed by atoms with Gasteiger partial charge in [0.1, 0.15) is 19.8 Å². The number of aliphatic hydroxyl groups is 1. The van der Waals surface area contributed by atoms with E-state index in [1.807, 2.05) is 63.7 Å². The minimum atomic E-state index is -4.67. The van der Waals surface area contributed by atoms with E-state index in [0.29, 0.717) is 43.1 Å². The van der Waals surface area contributed by atoms with E-state index >= 15 is 0 Å². The van der Waals surface area contributed by atoms with Crippen LogP contribution in [0.15, 0.2) is 97.2 Å². The predicted molar refractivity (Wildman–Crippen MR) is 241 cm³/mol. The summed E-state index contributed by atoms with van der Waals surface area (Å²) in [5.74, 6) is -0.979. The Kier molecular flexibility index (Phi) is 37.0. The summed E-state index contributed by atoms with van der Waals surface area (Å²) in [6, 6.07) is 0. The third-order valence-electron chi connectivity index (χ3n) is 8.67. The van der Waals surface area contributed by atoms with Gasteiger partial charge in [-0.3, -0.25) is 14.2 Å². The number of hydrogen-bond acceptors (Lipinski definition) is 9. The fourth-order valence-corrected chi connectivity index (χ4v) is 5.92. The van der Waals surface area contributed by atoms with Crippen LogP contribution >= 0.6 is 7.82 Å². The Hall–Kier alpha value is -3.11. The molecule has 0 saturated heterocycles. The summed E-state index contributed by atoms with van der Waals surface area (Å²) in [4.78, 5) is 37.5. The molecule has 3 atom stereocenters. The molecule has 0 aliphatic rings. The Morgan fingerprint density at radius 1 is 0.644 bits per heavy atom. The molecule has 0 aromatic rings. The number of likely N-dealkylation sites (N-methyl/N-ethyl adjacent to an activating group) is 1. The molecule has 0 saturated carbocycles. The number of carbonyl (C=O) groups is 2. The van der Waals surface area contributed by atoms with E-state index in [4.69, 9.17) is 18.5 Å². The van der Waals surface area contributed by atoms with Crippen molar-refractivity contribution in [2.45, 2.75) is 148 Å². The van der Waals surface area contributed by atoms with Crippen molar-refractivity contribution in [1.82, 2.24) is 0 Å². The van der Waals surface area contributed by atoms with Crippen LogP contribution in [-0.2, 0) is 32.7 Å². The van der Waals surface area contributed by atoms with E-state index in [1.54, 1.807) is 6.08 Å². The lowest BCUT2D eigenvalue weighted by Crippen LogP contribution is -2.37. The number of phosphoric acid groups is 1. The van der Waals surface area contributed by atoms with Gasteiger partial charge in [0.05, 0.1) is 33.9 Å². The molecule has 0 rings (SSSR count). The Morgan fingerprint density at radius 2 is 1.20 bits per heavy atom. The molecule has 336 valence electrons. The van der Waals surface area contributed by atoms with Gasteiger partial charge in [-0.2, -0.15) is 0 Å². The van der Waals surface area contributed by atoms with Crippen LogP contribution in [0.1, 0.15) is 136 Å². The first-order valence-corrected chi connectivity index (χ1v) is 23.5. The van der Waals surface area contributed by atoms with E-state index in [0.717, 1.165) is 51.4 Å². The van der Waals surface area contributed by atoms with Gasteiger partial charge in [0.2, 0.25) is 0 Å². The molecule has 0 aliphatic carbocycles. The van der Waals surface area contributed by atoms with Crippen LogP contribution in [0, 0.1) is 0 Å². The summed E-state index contributed by atoms with van der Waals surface area (Å²) >= 11 is 0. The van der Waals surface area contributed by atoms with Crippen LogP contribution in [0.3, 0.4) is 0 Å². The molecule has 0 spiro atoms. The zero-order valence-corrected chi connectivity index (χ0v) is 38.2. The van der Waals surface area contributed by atoms with Crippen molar-refractivity contribution in [3.05, 3.63) is 97.2 Å². The van der Waals surface area contributed by atoms with Gasteiger partial charge in [-0.1, -0.05) is 137 Å². The smallest absolute Gasteiger partial charge is 0.306 e. The molecule has 0 bridgehead atoms. The second-order valence-electron chi connectivity index (χ2n) is 15.5. The molecule has 0 aliphatic heterocycles. The molecule has 0 heterocycles. The summed E-state index contributed by atoms with van der Waals surface area (Å²) < 4.78 is 33.8. The van der Waals surface area contributed by atoms with E-state index in [2.05, 4.69) is 62.5 Å². The Bertz CT molecular complexity index is 1340. The number of esters is 2. The zero-order chi connectivity index (χ0) is 43.7. The molecule has 0 fully saturated rings. The van der Waals surface area contributed by atoms with Crippen molar-refractivity contribution < 1.29 is 47.2 Å². The van der Waals surface area contributed by atoms with Gasteiger partial charge in [0.15, 0.2) is 6.10 Å². The van der Waals surface area contributed by atoms with Crippen LogP contribution in [0.5, 0.6) is 0 Å². The summed E-state index contributed by atoms with van der Waals surface area (Å²) in [6.45, 7) is 3.87. The van der Waals surface area contributed by atoms with Gasteiger partial charge >= 0.3 is 11.9 Å². The zero-order valence-electron chi connectivity index (χ0n) is 37.3. The van der Waals surface area contributed by atoms with E-state index in [-0.39, 0.29) is 26.1 Å². The number of aliphatic hydroxyl groups excluding tert-OH is 1. The lowest BCUT2D eigenvalue weighted by molar-refractivity contribution is -0.870. The highest BCUT2D eigenvalue weighted by Crippen LogP contribution is 2.38. The topological polar surface area (TPSA) is 131 Å². The third-order valence-corrected chi connectivity index (χ3v) is 9.63. The van der Waals surface area contributed by atoms with Crippen molar-refractivity contribution in [1.29, 1.82) is 0 Å². The number of hydrogen-bond donors (Lipinski definition) is 1. The summed E-state index contributed by atoms with van der Waals surface area (Å²) in [6.07, 6.45) is 47.6. The quantitative estimate of drug-likeness (QED) is 0.0161. The molecule has 0 aromatic heterocycles. The standard InChI is InChI=1S/C48H80NO9P/c1-6-8-10-12-14-15-16-17-18-19-20-21-22-23-27-31-35-39-47(51)55-43-46(44-57-59(53,54)56-42-41-49(3,4)5)58-48(52)40-36-32-28-25-24-26-30-34-38-45(50)37-33-29-13-11-9-7-2/h9,11,14-15,17-18,20-21,25-26,28-30,33-34,38,45-46,50H,6-8,10,12-13,16,19,22-24,27,31-32,35-37,39-44H2,1-5H3/b11-9-,15-14-,18-17-,21-20-,28-25-,30-26-,33-29-,38-34+/t45?,46-/m1/s1. The number of ether oxygens (including phenoxy) is 2. The number of unbranched alkanes of at least 4 members (excludes halogenated alkanes) is 8. The van der Waals surface area contributed by atoms with Crippen molar-refractivity contribution in [3.63, 3.8) is 0 Å². The first-order valence-electron chi connectivity index (χ1n) is 22.1. The summed E-state index contributed by atoms with van der Waals surface area (Å²) in [5.41, 5.74) is 0. The second-order valence-corrected chi connectivity index (χ2v) is 16.9. The van der Waals surface area contributed by atoms with Crippen molar-refractivity contribution >= 4 is 19.8 Å². The molecule has 0 amide bonds. The van der Waals surface area contributed by atoms with Gasteiger partial charge in [0.25, 0.3) is 7.82 Å². The number of nitrogens with zero attached hydrogens (tertiary/aromatic N) is 1. The van der Waals surface area contributed by atoms with Gasteiger partial charge in [0, 0.05) is 12.8 Å². The van der Waals surface area contributed by atoms with E-state index in [1.165, 1.54) is 25.7 Å². The minimum absolute atomic E-state index is 0.0622. The summed E-state index contributed by atoms with van der Waals surface area (Å²) in [5, 5.41) is 10.0. The molecule has 0 radical (unpaired) electrons. The highest BCUT2D eigenvalue weighted by atomic mass is 31.2. The van der Waals surface area contributed by atoms with E-state index < -0.39 is 38.6 Å². The maximum atomic E-state index is 12.7. The molecular weight excluding hydrogens is 766 g/mol. The number of allylic oxidation sites excluding steroid dienone is 14. The van der Waals surface area contributed by atoms with Gasteiger partial charge < -0.3 is 33.0 Å². The normalized spacial score (nSPS) is 15.0. The highest BCUT2D eigenvalue weighted by molar-refractivity contribution is 7.45.